The highest BCUT2D eigenvalue weighted by Crippen LogP contribution is 2.38. The normalized spacial score (nSPS) is 12.8. The number of aromatic nitrogens is 2. The molecule has 3 aromatic carbocycles. The van der Waals surface area contributed by atoms with Crippen LogP contribution < -0.4 is 10.3 Å². The van der Waals surface area contributed by atoms with Gasteiger partial charge in [-0.1, -0.05) is 51.0 Å². The molecule has 0 saturated carbocycles. The first-order valence-corrected chi connectivity index (χ1v) is 14.1. The van der Waals surface area contributed by atoms with Gasteiger partial charge in [0.1, 0.15) is 11.6 Å². The van der Waals surface area contributed by atoms with Gasteiger partial charge in [0.2, 0.25) is 0 Å². The molecule has 0 radical (unpaired) electrons. The molecule has 0 saturated heterocycles. The lowest BCUT2D eigenvalue weighted by Crippen LogP contribution is -2.39. The largest absolute Gasteiger partial charge is 0.495 e. The maximum atomic E-state index is 14.0. The summed E-state index contributed by atoms with van der Waals surface area (Å²) in [4.78, 5) is 34.0. The van der Waals surface area contributed by atoms with Crippen LogP contribution in [0.15, 0.2) is 71.5 Å². The van der Waals surface area contributed by atoms with Crippen molar-refractivity contribution >= 4 is 16.8 Å². The molecule has 0 fully saturated rings. The highest BCUT2D eigenvalue weighted by Gasteiger charge is 2.39. The van der Waals surface area contributed by atoms with E-state index in [4.69, 9.17) is 9.72 Å². The van der Waals surface area contributed by atoms with Crippen LogP contribution >= 0.6 is 0 Å². The molecule has 6 nitrogen and oxygen atoms in total. The fourth-order valence-electron chi connectivity index (χ4n) is 5.14. The van der Waals surface area contributed by atoms with Crippen molar-refractivity contribution in [2.24, 2.45) is 0 Å². The summed E-state index contributed by atoms with van der Waals surface area (Å²) in [7, 11) is 1.42. The van der Waals surface area contributed by atoms with Crippen LogP contribution in [0.4, 0.5) is 26.3 Å². The van der Waals surface area contributed by atoms with Crippen molar-refractivity contribution in [3.05, 3.63) is 99.6 Å². The Kier molecular flexibility index (Phi) is 9.70. The summed E-state index contributed by atoms with van der Waals surface area (Å²) in [6.45, 7) is 3.61. The van der Waals surface area contributed by atoms with Crippen molar-refractivity contribution in [1.82, 2.24) is 14.5 Å². The third-order valence-electron chi connectivity index (χ3n) is 7.29. The van der Waals surface area contributed by atoms with E-state index >= 15 is 0 Å². The van der Waals surface area contributed by atoms with Gasteiger partial charge in [-0.3, -0.25) is 14.2 Å². The molecular weight excluding hydrogens is 588 g/mol. The second-order valence-electron chi connectivity index (χ2n) is 10.2. The van der Waals surface area contributed by atoms with Crippen molar-refractivity contribution in [2.75, 3.05) is 13.7 Å². The van der Waals surface area contributed by atoms with E-state index in [1.165, 1.54) is 16.6 Å². The summed E-state index contributed by atoms with van der Waals surface area (Å²) in [5.74, 6) is -0.633. The van der Waals surface area contributed by atoms with Gasteiger partial charge >= 0.3 is 12.4 Å². The van der Waals surface area contributed by atoms with E-state index in [0.29, 0.717) is 41.9 Å². The summed E-state index contributed by atoms with van der Waals surface area (Å²) < 4.78 is 88.9. The molecule has 0 aliphatic rings. The van der Waals surface area contributed by atoms with Gasteiger partial charge in [-0.05, 0) is 55.3 Å². The monoisotopic (exact) mass is 619 g/mol. The predicted octanol–water partition coefficient (Wildman–Crippen LogP) is 8.22. The lowest BCUT2D eigenvalue weighted by Gasteiger charge is -2.33. The maximum Gasteiger partial charge on any atom is 0.416 e. The highest BCUT2D eigenvalue weighted by molar-refractivity contribution is 5.95. The third-order valence-corrected chi connectivity index (χ3v) is 7.29. The minimum absolute atomic E-state index is 0.00258. The van der Waals surface area contributed by atoms with Crippen molar-refractivity contribution in [3.8, 4) is 11.4 Å². The first-order chi connectivity index (χ1) is 20.8. The number of methoxy groups -OCH3 is 1. The number of ether oxygens (including phenoxy) is 1. The van der Waals surface area contributed by atoms with Gasteiger partial charge in [-0.2, -0.15) is 26.3 Å². The van der Waals surface area contributed by atoms with Gasteiger partial charge in [0, 0.05) is 12.1 Å². The Morgan fingerprint density at radius 2 is 1.52 bits per heavy atom. The smallest absolute Gasteiger partial charge is 0.416 e. The van der Waals surface area contributed by atoms with Crippen molar-refractivity contribution in [3.63, 3.8) is 0 Å². The van der Waals surface area contributed by atoms with Crippen LogP contribution in [0.1, 0.15) is 72.9 Å². The Bertz CT molecular complexity index is 1670. The number of carbonyl (C=O) groups is 1. The molecule has 1 amide bonds. The second-order valence-corrected chi connectivity index (χ2v) is 10.2. The number of para-hydroxylation sites is 3. The Balaban J connectivity index is 1.99. The minimum Gasteiger partial charge on any atom is -0.495 e. The van der Waals surface area contributed by atoms with E-state index in [0.717, 1.165) is 6.42 Å². The molecule has 0 aliphatic heterocycles. The fourth-order valence-corrected chi connectivity index (χ4v) is 5.14. The summed E-state index contributed by atoms with van der Waals surface area (Å²) in [6, 6.07) is 13.0. The van der Waals surface area contributed by atoms with Gasteiger partial charge in [0.25, 0.3) is 11.5 Å². The summed E-state index contributed by atoms with van der Waals surface area (Å²) in [5, 5.41) is 0.272. The number of nitrogens with zero attached hydrogens (tertiary/aromatic N) is 3. The zero-order chi connectivity index (χ0) is 32.2. The molecule has 44 heavy (non-hydrogen) atoms. The summed E-state index contributed by atoms with van der Waals surface area (Å²) in [6.07, 6.45) is -8.32. The molecule has 0 spiro atoms. The van der Waals surface area contributed by atoms with Crippen LogP contribution in [0.3, 0.4) is 0 Å². The number of amides is 1. The molecule has 4 aromatic rings. The van der Waals surface area contributed by atoms with Crippen LogP contribution in [0.2, 0.25) is 0 Å². The van der Waals surface area contributed by atoms with Gasteiger partial charge in [0.05, 0.1) is 40.9 Å². The Hall–Kier alpha value is -4.35. The van der Waals surface area contributed by atoms with Crippen LogP contribution in [0.25, 0.3) is 16.6 Å². The third kappa shape index (κ3) is 6.74. The van der Waals surface area contributed by atoms with Crippen LogP contribution in [0, 0.1) is 0 Å². The van der Waals surface area contributed by atoms with Crippen molar-refractivity contribution < 1.29 is 35.9 Å². The van der Waals surface area contributed by atoms with Crippen LogP contribution in [-0.4, -0.2) is 34.0 Å². The number of hydrogen-bond acceptors (Lipinski definition) is 4. The molecule has 0 aliphatic carbocycles. The van der Waals surface area contributed by atoms with Gasteiger partial charge in [-0.15, -0.1) is 0 Å². The lowest BCUT2D eigenvalue weighted by molar-refractivity contribution is -0.143. The Labute approximate surface area is 249 Å². The number of fused-ring (bicyclic) bond motifs is 1. The number of halogens is 6. The van der Waals surface area contributed by atoms with Crippen LogP contribution in [0.5, 0.6) is 5.75 Å². The molecule has 0 N–H and O–H groups in total. The predicted molar refractivity (Wildman–Crippen MR) is 154 cm³/mol. The van der Waals surface area contributed by atoms with Crippen molar-refractivity contribution in [1.29, 1.82) is 0 Å². The zero-order valence-corrected chi connectivity index (χ0v) is 24.3. The van der Waals surface area contributed by atoms with Gasteiger partial charge < -0.3 is 9.64 Å². The van der Waals surface area contributed by atoms with Crippen molar-refractivity contribution in [2.45, 2.75) is 57.9 Å². The molecule has 1 heterocycles. The second kappa shape index (κ2) is 13.1. The first kappa shape index (κ1) is 32.6. The average Bonchev–Trinajstić information content (AvgIpc) is 2.99. The Morgan fingerprint density at radius 3 is 2.11 bits per heavy atom. The van der Waals surface area contributed by atoms with Crippen LogP contribution in [-0.2, 0) is 12.4 Å². The first-order valence-electron chi connectivity index (χ1n) is 14.1. The fraction of sp³-hybridized carbons (Fsp3) is 0.344. The molecule has 234 valence electrons. The SMILES string of the molecule is CCCCCN(C(=O)c1cc(C(F)(F)F)cc(C(F)(F)F)c1)C(CC)c1nc2ccccc2c(=O)n1-c1ccccc1OC. The zero-order valence-electron chi connectivity index (χ0n) is 24.3. The van der Waals surface area contributed by atoms with Gasteiger partial charge in [-0.25, -0.2) is 4.98 Å². The quantitative estimate of drug-likeness (QED) is 0.133. The number of alkyl halides is 6. The number of benzene rings is 3. The molecule has 4 rings (SSSR count). The average molecular weight is 620 g/mol. The number of hydrogen-bond donors (Lipinski definition) is 0. The van der Waals surface area contributed by atoms with E-state index in [1.54, 1.807) is 55.5 Å². The number of rotatable bonds is 10. The highest BCUT2D eigenvalue weighted by atomic mass is 19.4. The standard InChI is InChI=1S/C32H31F6N3O3/c1-4-6-11-16-40(29(42)20-17-21(31(33,34)35)19-22(18-20)32(36,37)38)25(5-2)28-39-24-13-8-7-12-23(24)30(43)41(28)26-14-9-10-15-27(26)44-3/h7-10,12-15,17-19,25H,4-6,11,16H2,1-3H3. The molecule has 1 aromatic heterocycles. The molecular formula is C32H31F6N3O3. The Morgan fingerprint density at radius 1 is 0.909 bits per heavy atom. The van der Waals surface area contributed by atoms with Gasteiger partial charge in [0.15, 0.2) is 0 Å². The van der Waals surface area contributed by atoms with E-state index in [9.17, 15) is 35.9 Å². The molecule has 1 atom stereocenters. The number of unbranched alkanes of at least 4 members (excludes halogenated alkanes) is 2. The summed E-state index contributed by atoms with van der Waals surface area (Å²) in [5.41, 5.74) is -3.80. The van der Waals surface area contributed by atoms with E-state index in [-0.39, 0.29) is 30.2 Å². The lowest BCUT2D eigenvalue weighted by atomic mass is 10.0. The molecule has 0 bridgehead atoms. The van der Waals surface area contributed by atoms with E-state index < -0.39 is 46.6 Å². The number of carbonyl (C=O) groups excluding carboxylic acids is 1. The summed E-state index contributed by atoms with van der Waals surface area (Å²) >= 11 is 0. The maximum absolute atomic E-state index is 14.0. The van der Waals surface area contributed by atoms with E-state index in [1.807, 2.05) is 6.92 Å². The molecule has 12 heteroatoms. The molecule has 1 unspecified atom stereocenters. The minimum atomic E-state index is -5.13. The van der Waals surface area contributed by atoms with E-state index in [2.05, 4.69) is 0 Å². The topological polar surface area (TPSA) is 64.4 Å².